The molecular weight excluding hydrogens is 370 g/mol. The van der Waals surface area contributed by atoms with Gasteiger partial charge in [-0.1, -0.05) is 11.3 Å². The monoisotopic (exact) mass is 383 g/mol. The molecule has 0 atom stereocenters. The van der Waals surface area contributed by atoms with E-state index in [1.54, 1.807) is 36.7 Å². The third-order valence-corrected chi connectivity index (χ3v) is 5.44. The molecular formula is C18H13N3O3S2. The van der Waals surface area contributed by atoms with Crippen LogP contribution >= 0.6 is 22.7 Å². The standard InChI is InChI=1S/C18H13N3O3S2/c1-2-24-17(23)11-4-6-13-15(8-11)26-18(20-13)21-16(22)10-3-5-12-14(7-10)25-9-19-12/h3-9H,2H2,1H3,(H,20,21,22). The van der Waals surface area contributed by atoms with Gasteiger partial charge in [0.05, 0.1) is 38.1 Å². The zero-order valence-corrected chi connectivity index (χ0v) is 15.3. The van der Waals surface area contributed by atoms with Gasteiger partial charge in [0, 0.05) is 5.56 Å². The molecule has 0 fully saturated rings. The Morgan fingerprint density at radius 3 is 2.69 bits per heavy atom. The van der Waals surface area contributed by atoms with Gasteiger partial charge in [-0.3, -0.25) is 10.1 Å². The minimum Gasteiger partial charge on any atom is -0.462 e. The summed E-state index contributed by atoms with van der Waals surface area (Å²) in [4.78, 5) is 32.9. The summed E-state index contributed by atoms with van der Waals surface area (Å²) in [5, 5.41) is 3.30. The van der Waals surface area contributed by atoms with E-state index in [9.17, 15) is 9.59 Å². The summed E-state index contributed by atoms with van der Waals surface area (Å²) in [5.74, 6) is -0.601. The van der Waals surface area contributed by atoms with Crippen molar-refractivity contribution in [3.8, 4) is 0 Å². The zero-order valence-electron chi connectivity index (χ0n) is 13.7. The zero-order chi connectivity index (χ0) is 18.1. The number of hydrogen-bond acceptors (Lipinski definition) is 7. The number of carbonyl (C=O) groups is 2. The van der Waals surface area contributed by atoms with Crippen LogP contribution in [0.25, 0.3) is 20.4 Å². The first-order valence-electron chi connectivity index (χ1n) is 7.86. The third kappa shape index (κ3) is 3.16. The van der Waals surface area contributed by atoms with E-state index in [1.165, 1.54) is 22.7 Å². The smallest absolute Gasteiger partial charge is 0.338 e. The number of fused-ring (bicyclic) bond motifs is 2. The van der Waals surface area contributed by atoms with E-state index < -0.39 is 0 Å². The number of hydrogen-bond donors (Lipinski definition) is 1. The van der Waals surface area contributed by atoms with Crippen LogP contribution in [0.15, 0.2) is 41.9 Å². The van der Waals surface area contributed by atoms with E-state index in [2.05, 4.69) is 15.3 Å². The summed E-state index contributed by atoms with van der Waals surface area (Å²) in [6.07, 6.45) is 0. The SMILES string of the molecule is CCOC(=O)c1ccc2nc(NC(=O)c3ccc4ncsc4c3)sc2c1. The van der Waals surface area contributed by atoms with Gasteiger partial charge in [0.25, 0.3) is 5.91 Å². The maximum atomic E-state index is 12.5. The van der Waals surface area contributed by atoms with E-state index >= 15 is 0 Å². The fourth-order valence-electron chi connectivity index (χ4n) is 2.49. The van der Waals surface area contributed by atoms with Gasteiger partial charge in [-0.25, -0.2) is 14.8 Å². The van der Waals surface area contributed by atoms with Crippen LogP contribution in [0.2, 0.25) is 0 Å². The van der Waals surface area contributed by atoms with Crippen molar-refractivity contribution in [1.82, 2.24) is 9.97 Å². The fourth-order valence-corrected chi connectivity index (χ4v) is 4.10. The van der Waals surface area contributed by atoms with Crippen LogP contribution < -0.4 is 5.32 Å². The second kappa shape index (κ2) is 6.81. The number of esters is 1. The minimum absolute atomic E-state index is 0.232. The Morgan fingerprint density at radius 2 is 1.85 bits per heavy atom. The van der Waals surface area contributed by atoms with E-state index in [1.807, 2.05) is 12.1 Å². The Morgan fingerprint density at radius 1 is 1.08 bits per heavy atom. The number of aromatic nitrogens is 2. The van der Waals surface area contributed by atoms with Crippen molar-refractivity contribution in [2.75, 3.05) is 11.9 Å². The van der Waals surface area contributed by atoms with Gasteiger partial charge in [0.15, 0.2) is 5.13 Å². The fraction of sp³-hybridized carbons (Fsp3) is 0.111. The highest BCUT2D eigenvalue weighted by molar-refractivity contribution is 7.22. The van der Waals surface area contributed by atoms with Crippen molar-refractivity contribution < 1.29 is 14.3 Å². The van der Waals surface area contributed by atoms with Crippen LogP contribution in [0.1, 0.15) is 27.6 Å². The molecule has 6 nitrogen and oxygen atoms in total. The maximum absolute atomic E-state index is 12.5. The number of carbonyl (C=O) groups excluding carboxylic acids is 2. The molecule has 8 heteroatoms. The maximum Gasteiger partial charge on any atom is 0.338 e. The van der Waals surface area contributed by atoms with Crippen LogP contribution in [0, 0.1) is 0 Å². The topological polar surface area (TPSA) is 81.2 Å². The van der Waals surface area contributed by atoms with Gasteiger partial charge < -0.3 is 4.74 Å². The summed E-state index contributed by atoms with van der Waals surface area (Å²) in [6, 6.07) is 10.5. The molecule has 0 aliphatic heterocycles. The van der Waals surface area contributed by atoms with Crippen molar-refractivity contribution >= 4 is 60.1 Å². The Kier molecular flexibility index (Phi) is 4.36. The highest BCUT2D eigenvalue weighted by atomic mass is 32.1. The molecule has 4 aromatic rings. The Labute approximate surface area is 156 Å². The summed E-state index contributed by atoms with van der Waals surface area (Å²) >= 11 is 2.80. The van der Waals surface area contributed by atoms with E-state index in [0.717, 1.165) is 20.4 Å². The molecule has 0 saturated carbocycles. The molecule has 2 aromatic carbocycles. The molecule has 0 saturated heterocycles. The van der Waals surface area contributed by atoms with Crippen molar-refractivity contribution in [3.05, 3.63) is 53.0 Å². The molecule has 0 aliphatic rings. The molecule has 26 heavy (non-hydrogen) atoms. The van der Waals surface area contributed by atoms with Crippen molar-refractivity contribution in [3.63, 3.8) is 0 Å². The lowest BCUT2D eigenvalue weighted by atomic mass is 10.2. The molecule has 0 bridgehead atoms. The summed E-state index contributed by atoms with van der Waals surface area (Å²) in [6.45, 7) is 2.09. The number of nitrogens with zero attached hydrogens (tertiary/aromatic N) is 2. The summed E-state index contributed by atoms with van der Waals surface area (Å²) < 4.78 is 6.77. The molecule has 1 amide bonds. The van der Waals surface area contributed by atoms with Crippen LogP contribution in [0.4, 0.5) is 5.13 Å². The van der Waals surface area contributed by atoms with Crippen molar-refractivity contribution in [2.45, 2.75) is 6.92 Å². The van der Waals surface area contributed by atoms with Crippen LogP contribution in [0.3, 0.4) is 0 Å². The Balaban J connectivity index is 1.58. The molecule has 0 radical (unpaired) electrons. The first-order chi connectivity index (χ1) is 12.6. The molecule has 130 valence electrons. The lowest BCUT2D eigenvalue weighted by molar-refractivity contribution is 0.0526. The number of benzene rings is 2. The van der Waals surface area contributed by atoms with Gasteiger partial charge >= 0.3 is 5.97 Å². The van der Waals surface area contributed by atoms with E-state index in [0.29, 0.717) is 22.9 Å². The normalized spacial score (nSPS) is 11.0. The number of ether oxygens (including phenoxy) is 1. The highest BCUT2D eigenvalue weighted by Gasteiger charge is 2.13. The van der Waals surface area contributed by atoms with Gasteiger partial charge in [0.2, 0.25) is 0 Å². The van der Waals surface area contributed by atoms with Crippen LogP contribution in [-0.4, -0.2) is 28.5 Å². The van der Waals surface area contributed by atoms with Gasteiger partial charge in [-0.15, -0.1) is 11.3 Å². The van der Waals surface area contributed by atoms with Crippen LogP contribution in [0.5, 0.6) is 0 Å². The number of nitrogens with one attached hydrogen (secondary N) is 1. The number of thiazole rings is 2. The predicted octanol–water partition coefficient (Wildman–Crippen LogP) is 4.34. The Hall–Kier alpha value is -2.84. The second-order valence-electron chi connectivity index (χ2n) is 5.41. The number of amides is 1. The predicted molar refractivity (Wildman–Crippen MR) is 103 cm³/mol. The summed E-state index contributed by atoms with van der Waals surface area (Å²) in [7, 11) is 0. The molecule has 0 unspecified atom stereocenters. The lowest BCUT2D eigenvalue weighted by Crippen LogP contribution is -2.11. The Bertz CT molecular complexity index is 1130. The van der Waals surface area contributed by atoms with Gasteiger partial charge in [-0.2, -0.15) is 0 Å². The molecule has 0 aliphatic carbocycles. The van der Waals surface area contributed by atoms with Gasteiger partial charge in [-0.05, 0) is 43.3 Å². The van der Waals surface area contributed by atoms with E-state index in [4.69, 9.17) is 4.74 Å². The van der Waals surface area contributed by atoms with Crippen LogP contribution in [-0.2, 0) is 4.74 Å². The molecule has 2 aromatic heterocycles. The number of rotatable bonds is 4. The quantitative estimate of drug-likeness (QED) is 0.530. The molecule has 2 heterocycles. The van der Waals surface area contributed by atoms with Crippen molar-refractivity contribution in [2.24, 2.45) is 0 Å². The van der Waals surface area contributed by atoms with Gasteiger partial charge in [0.1, 0.15) is 0 Å². The molecule has 1 N–H and O–H groups in total. The highest BCUT2D eigenvalue weighted by Crippen LogP contribution is 2.28. The second-order valence-corrected chi connectivity index (χ2v) is 7.33. The third-order valence-electron chi connectivity index (χ3n) is 3.71. The number of anilines is 1. The first-order valence-corrected chi connectivity index (χ1v) is 9.56. The van der Waals surface area contributed by atoms with Crippen molar-refractivity contribution in [1.29, 1.82) is 0 Å². The lowest BCUT2D eigenvalue weighted by Gasteiger charge is -2.01. The average molecular weight is 383 g/mol. The summed E-state index contributed by atoms with van der Waals surface area (Å²) in [5.41, 5.74) is 4.36. The molecule has 4 rings (SSSR count). The first kappa shape index (κ1) is 16.6. The largest absolute Gasteiger partial charge is 0.462 e. The van der Waals surface area contributed by atoms with E-state index in [-0.39, 0.29) is 11.9 Å². The average Bonchev–Trinajstić information content (AvgIpc) is 3.26. The molecule has 0 spiro atoms. The minimum atomic E-state index is -0.369.